The first-order valence-corrected chi connectivity index (χ1v) is 7.74. The van der Waals surface area contributed by atoms with E-state index in [0.717, 1.165) is 25.8 Å². The molecule has 0 saturated carbocycles. The molecule has 5 heteroatoms. The van der Waals surface area contributed by atoms with Crippen molar-refractivity contribution < 1.29 is 9.18 Å². The number of likely N-dealkylation sites (tertiary alicyclic amines) is 1. The molecule has 3 nitrogen and oxygen atoms in total. The molecular weight excluding hydrogens is 291 g/mol. The largest absolute Gasteiger partial charge is 0.341 e. The van der Waals surface area contributed by atoms with E-state index in [4.69, 9.17) is 11.6 Å². The fraction of sp³-hybridized carbons (Fsp3) is 0.562. The lowest BCUT2D eigenvalue weighted by molar-refractivity contribution is -0.131. The van der Waals surface area contributed by atoms with Gasteiger partial charge in [0.1, 0.15) is 5.82 Å². The fourth-order valence-electron chi connectivity index (χ4n) is 2.73. The Labute approximate surface area is 130 Å². The molecule has 0 spiro atoms. The highest BCUT2D eigenvalue weighted by Gasteiger charge is 2.24. The molecule has 1 atom stereocenters. The third-order valence-electron chi connectivity index (χ3n) is 4.12. The van der Waals surface area contributed by atoms with E-state index in [2.05, 4.69) is 4.90 Å². The van der Waals surface area contributed by atoms with Crippen LogP contribution in [0.5, 0.6) is 0 Å². The number of halogens is 2. The van der Waals surface area contributed by atoms with E-state index in [1.165, 1.54) is 6.07 Å². The zero-order valence-electron chi connectivity index (χ0n) is 12.6. The quantitative estimate of drug-likeness (QED) is 0.856. The molecule has 0 aliphatic carbocycles. The van der Waals surface area contributed by atoms with Crippen molar-refractivity contribution in [2.75, 3.05) is 27.2 Å². The van der Waals surface area contributed by atoms with Gasteiger partial charge >= 0.3 is 0 Å². The minimum absolute atomic E-state index is 0.0334. The topological polar surface area (TPSA) is 23.6 Å². The second-order valence-corrected chi connectivity index (χ2v) is 6.24. The number of amides is 1. The average Bonchev–Trinajstić information content (AvgIpc) is 2.69. The van der Waals surface area contributed by atoms with E-state index in [0.29, 0.717) is 23.2 Å². The lowest BCUT2D eigenvalue weighted by Gasteiger charge is -2.28. The highest BCUT2D eigenvalue weighted by atomic mass is 35.5. The summed E-state index contributed by atoms with van der Waals surface area (Å²) in [5.41, 5.74) is 0.301. The summed E-state index contributed by atoms with van der Waals surface area (Å²) in [6.07, 6.45) is 3.25. The number of benzene rings is 1. The normalized spacial score (nSPS) is 19.7. The second kappa shape index (κ2) is 7.23. The van der Waals surface area contributed by atoms with Gasteiger partial charge in [-0.15, -0.1) is 0 Å². The van der Waals surface area contributed by atoms with Gasteiger partial charge in [0.2, 0.25) is 5.91 Å². The molecule has 1 aromatic rings. The number of likely N-dealkylation sites (N-methyl/N-ethyl adjacent to an activating group) is 1. The first-order chi connectivity index (χ1) is 9.99. The van der Waals surface area contributed by atoms with Crippen LogP contribution in [0.15, 0.2) is 18.2 Å². The summed E-state index contributed by atoms with van der Waals surface area (Å²) >= 11 is 6.00. The summed E-state index contributed by atoms with van der Waals surface area (Å²) in [6, 6.07) is 4.89. The zero-order chi connectivity index (χ0) is 15.4. The Morgan fingerprint density at radius 1 is 1.43 bits per heavy atom. The van der Waals surface area contributed by atoms with Crippen molar-refractivity contribution in [2.45, 2.75) is 31.7 Å². The van der Waals surface area contributed by atoms with Crippen molar-refractivity contribution in [3.63, 3.8) is 0 Å². The molecule has 1 saturated heterocycles. The second-order valence-electron chi connectivity index (χ2n) is 5.83. The summed E-state index contributed by atoms with van der Waals surface area (Å²) in [4.78, 5) is 16.5. The Kier molecular flexibility index (Phi) is 5.59. The molecule has 1 aromatic carbocycles. The fourth-order valence-corrected chi connectivity index (χ4v) is 2.96. The number of nitrogens with zero attached hydrogens (tertiary/aromatic N) is 2. The van der Waals surface area contributed by atoms with Gasteiger partial charge in [0, 0.05) is 29.7 Å². The van der Waals surface area contributed by atoms with Crippen LogP contribution in [0.2, 0.25) is 5.02 Å². The lowest BCUT2D eigenvalue weighted by Crippen LogP contribution is -2.42. The van der Waals surface area contributed by atoms with Crippen LogP contribution in [-0.4, -0.2) is 48.9 Å². The molecular formula is C16H22ClFN2O. The van der Waals surface area contributed by atoms with Crippen LogP contribution >= 0.6 is 11.6 Å². The van der Waals surface area contributed by atoms with E-state index < -0.39 is 5.82 Å². The molecule has 0 aromatic heterocycles. The van der Waals surface area contributed by atoms with E-state index in [9.17, 15) is 9.18 Å². The van der Waals surface area contributed by atoms with E-state index in [1.807, 2.05) is 19.0 Å². The van der Waals surface area contributed by atoms with E-state index >= 15 is 0 Å². The molecule has 2 rings (SSSR count). The standard InChI is InChI=1S/C16H22ClFN2O/c1-19(2)12-6-3-4-9-20(11-12)16(21)10-13-14(17)7-5-8-15(13)18/h5,7-8,12H,3-4,6,9-11H2,1-2H3/t12-/m0/s1. The van der Waals surface area contributed by atoms with Crippen LogP contribution in [-0.2, 0) is 11.2 Å². The lowest BCUT2D eigenvalue weighted by atomic mass is 10.1. The Bertz CT molecular complexity index is 487. The maximum Gasteiger partial charge on any atom is 0.227 e. The van der Waals surface area contributed by atoms with Crippen molar-refractivity contribution in [1.29, 1.82) is 0 Å². The van der Waals surface area contributed by atoms with Crippen LogP contribution in [0.4, 0.5) is 4.39 Å². The molecule has 21 heavy (non-hydrogen) atoms. The van der Waals surface area contributed by atoms with Gasteiger partial charge in [-0.2, -0.15) is 0 Å². The number of carbonyl (C=O) groups excluding carboxylic acids is 1. The summed E-state index contributed by atoms with van der Waals surface area (Å²) < 4.78 is 13.8. The summed E-state index contributed by atoms with van der Waals surface area (Å²) in [5, 5.41) is 0.322. The Balaban J connectivity index is 2.08. The predicted octanol–water partition coefficient (Wildman–Crippen LogP) is 2.96. The zero-order valence-corrected chi connectivity index (χ0v) is 13.4. The van der Waals surface area contributed by atoms with Crippen LogP contribution in [0.25, 0.3) is 0 Å². The molecule has 1 aliphatic heterocycles. The monoisotopic (exact) mass is 312 g/mol. The highest BCUT2D eigenvalue weighted by molar-refractivity contribution is 6.31. The van der Waals surface area contributed by atoms with Gasteiger partial charge in [0.25, 0.3) is 0 Å². The first-order valence-electron chi connectivity index (χ1n) is 7.36. The minimum atomic E-state index is -0.408. The average molecular weight is 313 g/mol. The summed E-state index contributed by atoms with van der Waals surface area (Å²) in [6.45, 7) is 1.45. The first kappa shape index (κ1) is 16.2. The Morgan fingerprint density at radius 3 is 2.86 bits per heavy atom. The summed E-state index contributed by atoms with van der Waals surface area (Å²) in [5.74, 6) is -0.453. The van der Waals surface area contributed by atoms with Gasteiger partial charge in [-0.05, 0) is 39.1 Å². The minimum Gasteiger partial charge on any atom is -0.341 e. The third-order valence-corrected chi connectivity index (χ3v) is 4.47. The van der Waals surface area contributed by atoms with Crippen LogP contribution in [0.1, 0.15) is 24.8 Å². The van der Waals surface area contributed by atoms with Gasteiger partial charge < -0.3 is 9.80 Å². The maximum atomic E-state index is 13.8. The predicted molar refractivity (Wildman–Crippen MR) is 83.0 cm³/mol. The van der Waals surface area contributed by atoms with Crippen molar-refractivity contribution in [1.82, 2.24) is 9.80 Å². The third kappa shape index (κ3) is 4.17. The smallest absolute Gasteiger partial charge is 0.227 e. The van der Waals surface area contributed by atoms with Gasteiger partial charge in [0.15, 0.2) is 0 Å². The van der Waals surface area contributed by atoms with Gasteiger partial charge in [-0.1, -0.05) is 24.1 Å². The van der Waals surface area contributed by atoms with Gasteiger partial charge in [-0.25, -0.2) is 4.39 Å². The molecule has 0 radical (unpaired) electrons. The van der Waals surface area contributed by atoms with Crippen molar-refractivity contribution in [3.8, 4) is 0 Å². The molecule has 1 aliphatic rings. The highest BCUT2D eigenvalue weighted by Crippen LogP contribution is 2.21. The van der Waals surface area contributed by atoms with Crippen LogP contribution < -0.4 is 0 Å². The Hall–Kier alpha value is -1.13. The molecule has 0 N–H and O–H groups in total. The summed E-state index contributed by atoms with van der Waals surface area (Å²) in [7, 11) is 4.07. The van der Waals surface area contributed by atoms with E-state index in [-0.39, 0.29) is 12.3 Å². The molecule has 1 amide bonds. The molecule has 116 valence electrons. The maximum absolute atomic E-state index is 13.8. The number of carbonyl (C=O) groups is 1. The van der Waals surface area contributed by atoms with Crippen LogP contribution in [0.3, 0.4) is 0 Å². The van der Waals surface area contributed by atoms with Gasteiger partial charge in [0.05, 0.1) is 6.42 Å². The van der Waals surface area contributed by atoms with Crippen molar-refractivity contribution in [2.24, 2.45) is 0 Å². The molecule has 0 unspecified atom stereocenters. The Morgan fingerprint density at radius 2 is 2.19 bits per heavy atom. The van der Waals surface area contributed by atoms with Crippen molar-refractivity contribution >= 4 is 17.5 Å². The SMILES string of the molecule is CN(C)[C@H]1CCCCN(C(=O)Cc2c(F)cccc2Cl)C1. The van der Waals surface area contributed by atoms with Crippen molar-refractivity contribution in [3.05, 3.63) is 34.6 Å². The molecule has 0 bridgehead atoms. The number of hydrogen-bond donors (Lipinski definition) is 0. The number of hydrogen-bond acceptors (Lipinski definition) is 2. The van der Waals surface area contributed by atoms with E-state index in [1.54, 1.807) is 12.1 Å². The molecule has 1 heterocycles. The number of rotatable bonds is 3. The molecule has 1 fully saturated rings. The van der Waals surface area contributed by atoms with Gasteiger partial charge in [-0.3, -0.25) is 4.79 Å². The van der Waals surface area contributed by atoms with Crippen LogP contribution in [0, 0.1) is 5.82 Å².